The number of anilines is 1. The van der Waals surface area contributed by atoms with Gasteiger partial charge in [0.2, 0.25) is 5.91 Å². The Hall–Kier alpha value is -1.61. The lowest BCUT2D eigenvalue weighted by molar-refractivity contribution is -0.129. The van der Waals surface area contributed by atoms with Crippen molar-refractivity contribution in [3.63, 3.8) is 0 Å². The first kappa shape index (κ1) is 15.8. The van der Waals surface area contributed by atoms with E-state index >= 15 is 0 Å². The zero-order valence-corrected chi connectivity index (χ0v) is 12.5. The molecule has 1 aliphatic heterocycles. The first-order valence-electron chi connectivity index (χ1n) is 6.58. The Morgan fingerprint density at radius 3 is 2.81 bits per heavy atom. The van der Waals surface area contributed by atoms with E-state index in [4.69, 9.17) is 5.11 Å². The number of nitrogens with zero attached hydrogens (tertiary/aromatic N) is 4. The molecule has 2 rings (SSSR count). The zero-order valence-electron chi connectivity index (χ0n) is 11.7. The van der Waals surface area contributed by atoms with Crippen LogP contribution in [0.4, 0.5) is 9.70 Å². The molecule has 0 aliphatic carbocycles. The highest BCUT2D eigenvalue weighted by Crippen LogP contribution is 2.14. The van der Waals surface area contributed by atoms with Crippen LogP contribution in [0.15, 0.2) is 11.0 Å². The van der Waals surface area contributed by atoms with Crippen molar-refractivity contribution >= 4 is 24.1 Å². The number of carbonyl (C=O) groups excluding carboxylic acids is 1. The van der Waals surface area contributed by atoms with Gasteiger partial charge in [0, 0.05) is 32.9 Å². The molecule has 1 fully saturated rings. The molecule has 1 aliphatic rings. The average molecular weight is 316 g/mol. The number of aliphatic hydroxyl groups is 1. The molecular weight excluding hydrogens is 299 g/mol. The van der Waals surface area contributed by atoms with Crippen LogP contribution < -0.4 is 10.5 Å². The van der Waals surface area contributed by atoms with E-state index in [1.54, 1.807) is 16.8 Å². The highest BCUT2D eigenvalue weighted by atomic mass is 32.2. The van der Waals surface area contributed by atoms with Gasteiger partial charge in [-0.05, 0) is 12.8 Å². The Labute approximate surface area is 125 Å². The van der Waals surface area contributed by atoms with E-state index in [9.17, 15) is 13.5 Å². The van der Waals surface area contributed by atoms with Crippen molar-refractivity contribution in [1.82, 2.24) is 13.9 Å². The molecule has 1 aromatic rings. The van der Waals surface area contributed by atoms with Gasteiger partial charge in [-0.2, -0.15) is 0 Å². The number of hydrogen-bond acceptors (Lipinski definition) is 6. The summed E-state index contributed by atoms with van der Waals surface area (Å²) in [4.78, 5) is 31.3. The van der Waals surface area contributed by atoms with Gasteiger partial charge in [-0.15, -0.1) is 3.89 Å². The number of amides is 1. The van der Waals surface area contributed by atoms with E-state index in [0.29, 0.717) is 31.6 Å². The molecule has 1 amide bonds. The normalized spacial score (nSPS) is 15.7. The van der Waals surface area contributed by atoms with E-state index in [1.165, 1.54) is 6.20 Å². The number of hydrogen-bond donors (Lipinski definition) is 1. The third-order valence-corrected chi connectivity index (χ3v) is 3.75. The van der Waals surface area contributed by atoms with E-state index in [2.05, 4.69) is 4.98 Å². The molecule has 0 radical (unpaired) electrons. The Morgan fingerprint density at radius 1 is 1.43 bits per heavy atom. The SMILES string of the molecule is CN1CCN(c2nc(CCCO)cn(SF)c2=O)CC1=O. The second-order valence-electron chi connectivity index (χ2n) is 4.82. The summed E-state index contributed by atoms with van der Waals surface area (Å²) in [6.45, 7) is 1.01. The van der Waals surface area contributed by atoms with Gasteiger partial charge in [0.1, 0.15) is 0 Å². The lowest BCUT2D eigenvalue weighted by Crippen LogP contribution is -2.50. The maximum absolute atomic E-state index is 12.9. The zero-order chi connectivity index (χ0) is 15.4. The summed E-state index contributed by atoms with van der Waals surface area (Å²) >= 11 is -0.198. The predicted octanol–water partition coefficient (Wildman–Crippen LogP) is -0.173. The molecule has 9 heteroatoms. The van der Waals surface area contributed by atoms with E-state index < -0.39 is 5.56 Å². The molecule has 1 aromatic heterocycles. The summed E-state index contributed by atoms with van der Waals surface area (Å²) in [6, 6.07) is 0. The van der Waals surface area contributed by atoms with E-state index in [1.807, 2.05) is 0 Å². The van der Waals surface area contributed by atoms with Crippen LogP contribution in [0, 0.1) is 0 Å². The minimum Gasteiger partial charge on any atom is -0.396 e. The summed E-state index contributed by atoms with van der Waals surface area (Å²) in [5.74, 6) is -0.0281. The van der Waals surface area contributed by atoms with Gasteiger partial charge in [0.15, 0.2) is 18.2 Å². The molecule has 0 bridgehead atoms. The molecule has 0 aromatic carbocycles. The number of aromatic nitrogens is 2. The number of piperazine rings is 1. The van der Waals surface area contributed by atoms with Gasteiger partial charge >= 0.3 is 5.56 Å². The molecule has 7 nitrogen and oxygen atoms in total. The van der Waals surface area contributed by atoms with Crippen LogP contribution in [-0.2, 0) is 11.2 Å². The van der Waals surface area contributed by atoms with Gasteiger partial charge in [0.25, 0.3) is 0 Å². The Bertz CT molecular complexity index is 580. The molecule has 1 N–H and O–H groups in total. The highest BCUT2D eigenvalue weighted by Gasteiger charge is 2.25. The van der Waals surface area contributed by atoms with Crippen molar-refractivity contribution in [2.75, 3.05) is 38.2 Å². The quantitative estimate of drug-likeness (QED) is 0.812. The molecular formula is C12H17FN4O3S. The molecule has 0 unspecified atom stereocenters. The second-order valence-corrected chi connectivity index (χ2v) is 5.35. The lowest BCUT2D eigenvalue weighted by atomic mass is 10.2. The van der Waals surface area contributed by atoms with Gasteiger partial charge in [-0.1, -0.05) is 0 Å². The number of aliphatic hydroxyl groups excluding tert-OH is 1. The fourth-order valence-corrected chi connectivity index (χ4v) is 2.39. The van der Waals surface area contributed by atoms with E-state index in [0.717, 1.165) is 3.97 Å². The largest absolute Gasteiger partial charge is 0.396 e. The standard InChI is InChI=1S/C12H17FN4O3S/c1-15-4-5-16(8-10(15)19)11-12(20)17(21-13)7-9(14-11)3-2-6-18/h7,18H,2-6,8H2,1H3. The van der Waals surface area contributed by atoms with Crippen molar-refractivity contribution in [3.05, 3.63) is 22.2 Å². The minimum absolute atomic E-state index is 0.00803. The summed E-state index contributed by atoms with van der Waals surface area (Å²) in [6.07, 6.45) is 2.24. The van der Waals surface area contributed by atoms with Gasteiger partial charge in [-0.3, -0.25) is 9.59 Å². The van der Waals surface area contributed by atoms with Gasteiger partial charge in [0.05, 0.1) is 12.2 Å². The monoisotopic (exact) mass is 316 g/mol. The smallest absolute Gasteiger partial charge is 0.305 e. The second kappa shape index (κ2) is 6.90. The molecule has 0 spiro atoms. The number of halogens is 1. The third kappa shape index (κ3) is 3.53. The topological polar surface area (TPSA) is 78.7 Å². The predicted molar refractivity (Wildman–Crippen MR) is 77.9 cm³/mol. The number of likely N-dealkylation sites (N-methyl/N-ethyl adjacent to an activating group) is 1. The molecule has 0 atom stereocenters. The third-order valence-electron chi connectivity index (χ3n) is 3.33. The van der Waals surface area contributed by atoms with Crippen LogP contribution in [0.3, 0.4) is 0 Å². The molecule has 116 valence electrons. The van der Waals surface area contributed by atoms with Crippen molar-refractivity contribution in [1.29, 1.82) is 0 Å². The molecule has 2 heterocycles. The Balaban J connectivity index is 2.32. The minimum atomic E-state index is -0.576. The Kier molecular flexibility index (Phi) is 5.18. The van der Waals surface area contributed by atoms with Crippen molar-refractivity contribution in [2.24, 2.45) is 0 Å². The van der Waals surface area contributed by atoms with Crippen molar-refractivity contribution in [3.8, 4) is 0 Å². The fourth-order valence-electron chi connectivity index (χ4n) is 2.08. The number of rotatable bonds is 5. The van der Waals surface area contributed by atoms with Crippen LogP contribution in [-0.4, -0.2) is 58.2 Å². The summed E-state index contributed by atoms with van der Waals surface area (Å²) in [7, 11) is 1.69. The Morgan fingerprint density at radius 2 is 2.19 bits per heavy atom. The molecule has 0 saturated carbocycles. The van der Waals surface area contributed by atoms with E-state index in [-0.39, 0.29) is 37.2 Å². The maximum Gasteiger partial charge on any atom is 0.305 e. The van der Waals surface area contributed by atoms with Crippen LogP contribution >= 0.6 is 12.3 Å². The summed E-state index contributed by atoms with van der Waals surface area (Å²) < 4.78 is 13.7. The first-order chi connectivity index (χ1) is 10.1. The fraction of sp³-hybridized carbons (Fsp3) is 0.583. The van der Waals surface area contributed by atoms with Gasteiger partial charge in [-0.25, -0.2) is 8.96 Å². The van der Waals surface area contributed by atoms with Crippen LogP contribution in [0.1, 0.15) is 12.1 Å². The van der Waals surface area contributed by atoms with Crippen molar-refractivity contribution < 1.29 is 13.8 Å². The average Bonchev–Trinajstić information content (AvgIpc) is 2.49. The van der Waals surface area contributed by atoms with Crippen LogP contribution in [0.25, 0.3) is 0 Å². The first-order valence-corrected chi connectivity index (χ1v) is 7.25. The summed E-state index contributed by atoms with van der Waals surface area (Å²) in [5, 5.41) is 8.85. The highest BCUT2D eigenvalue weighted by molar-refractivity contribution is 7.92. The molecule has 21 heavy (non-hydrogen) atoms. The maximum atomic E-state index is 12.9. The van der Waals surface area contributed by atoms with Crippen LogP contribution in [0.2, 0.25) is 0 Å². The molecule has 1 saturated heterocycles. The van der Waals surface area contributed by atoms with Crippen LogP contribution in [0.5, 0.6) is 0 Å². The van der Waals surface area contributed by atoms with Crippen molar-refractivity contribution in [2.45, 2.75) is 12.8 Å². The summed E-state index contributed by atoms with van der Waals surface area (Å²) in [5.41, 5.74) is -0.0669. The number of carbonyl (C=O) groups is 1. The lowest BCUT2D eigenvalue weighted by Gasteiger charge is -2.32. The van der Waals surface area contributed by atoms with Gasteiger partial charge < -0.3 is 14.9 Å². The number of aryl methyl sites for hydroxylation is 1.